The van der Waals surface area contributed by atoms with Crippen LogP contribution >= 0.6 is 0 Å². The summed E-state index contributed by atoms with van der Waals surface area (Å²) in [4.78, 5) is 4.19. The van der Waals surface area contributed by atoms with Gasteiger partial charge in [0.2, 0.25) is 10.0 Å². The number of benzene rings is 2. The summed E-state index contributed by atoms with van der Waals surface area (Å²) in [6.07, 6.45) is 3.02. The van der Waals surface area contributed by atoms with Gasteiger partial charge in [0.15, 0.2) is 0 Å². The maximum atomic E-state index is 12.2. The second kappa shape index (κ2) is 9.19. The normalized spacial score (nSPS) is 11.1. The number of nitrogens with one attached hydrogen (secondary N) is 2. The molecule has 0 unspecified atom stereocenters. The number of aryl methyl sites for hydroxylation is 1. The summed E-state index contributed by atoms with van der Waals surface area (Å²) < 4.78 is 27.0. The minimum atomic E-state index is -3.43. The minimum Gasteiger partial charge on any atom is -0.383 e. The number of hydrogen-bond acceptors (Lipinski definition) is 4. The smallest absolute Gasteiger partial charge is 0.234 e. The van der Waals surface area contributed by atoms with Crippen LogP contribution in [0.2, 0.25) is 0 Å². The SMILES string of the molecule is O=S(=O)(CCc1ccccc1)Nc1ccc(NCCc2ccccc2)cn1. The molecule has 1 heterocycles. The van der Waals surface area contributed by atoms with Crippen molar-refractivity contribution in [1.82, 2.24) is 4.98 Å². The third-order valence-corrected chi connectivity index (χ3v) is 5.37. The van der Waals surface area contributed by atoms with Crippen LogP contribution in [-0.4, -0.2) is 25.7 Å². The summed E-state index contributed by atoms with van der Waals surface area (Å²) in [7, 11) is -3.43. The summed E-state index contributed by atoms with van der Waals surface area (Å²) >= 11 is 0. The molecule has 0 aliphatic heterocycles. The molecule has 140 valence electrons. The molecule has 0 aliphatic carbocycles. The van der Waals surface area contributed by atoms with E-state index in [0.29, 0.717) is 12.2 Å². The van der Waals surface area contributed by atoms with Crippen molar-refractivity contribution in [1.29, 1.82) is 0 Å². The molecule has 3 rings (SSSR count). The van der Waals surface area contributed by atoms with Crippen molar-refractivity contribution >= 4 is 21.5 Å². The molecular formula is C21H23N3O2S. The summed E-state index contributed by atoms with van der Waals surface area (Å²) in [6, 6.07) is 23.3. The Hall–Kier alpha value is -2.86. The van der Waals surface area contributed by atoms with E-state index in [1.54, 1.807) is 12.3 Å². The molecule has 0 fully saturated rings. The molecule has 6 heteroatoms. The fraction of sp³-hybridized carbons (Fsp3) is 0.190. The predicted octanol–water partition coefficient (Wildman–Crippen LogP) is 3.72. The van der Waals surface area contributed by atoms with Crippen LogP contribution in [0.15, 0.2) is 79.0 Å². The Labute approximate surface area is 160 Å². The molecule has 2 N–H and O–H groups in total. The maximum absolute atomic E-state index is 12.2. The van der Waals surface area contributed by atoms with Gasteiger partial charge in [0.25, 0.3) is 0 Å². The van der Waals surface area contributed by atoms with E-state index in [1.807, 2.05) is 54.6 Å². The number of hydrogen-bond donors (Lipinski definition) is 2. The molecule has 0 aliphatic rings. The van der Waals surface area contributed by atoms with Crippen LogP contribution in [0, 0.1) is 0 Å². The van der Waals surface area contributed by atoms with Gasteiger partial charge in [0.1, 0.15) is 5.82 Å². The zero-order chi connectivity index (χ0) is 19.0. The van der Waals surface area contributed by atoms with E-state index in [0.717, 1.165) is 24.2 Å². The van der Waals surface area contributed by atoms with E-state index in [4.69, 9.17) is 0 Å². The fourth-order valence-corrected chi connectivity index (χ4v) is 3.71. The molecule has 3 aromatic rings. The van der Waals surface area contributed by atoms with Gasteiger partial charge in [0.05, 0.1) is 17.6 Å². The van der Waals surface area contributed by atoms with Gasteiger partial charge in [-0.2, -0.15) is 0 Å². The van der Waals surface area contributed by atoms with Crippen LogP contribution in [0.5, 0.6) is 0 Å². The molecule has 0 atom stereocenters. The Morgan fingerprint density at radius 1 is 0.778 bits per heavy atom. The van der Waals surface area contributed by atoms with Crippen LogP contribution < -0.4 is 10.0 Å². The van der Waals surface area contributed by atoms with Crippen molar-refractivity contribution in [2.45, 2.75) is 12.8 Å². The van der Waals surface area contributed by atoms with Gasteiger partial charge < -0.3 is 5.32 Å². The van der Waals surface area contributed by atoms with Crippen molar-refractivity contribution in [2.24, 2.45) is 0 Å². The van der Waals surface area contributed by atoms with Gasteiger partial charge >= 0.3 is 0 Å². The minimum absolute atomic E-state index is 0.0236. The number of nitrogens with zero attached hydrogens (tertiary/aromatic N) is 1. The van der Waals surface area contributed by atoms with Crippen molar-refractivity contribution < 1.29 is 8.42 Å². The molecule has 0 saturated carbocycles. The highest BCUT2D eigenvalue weighted by Crippen LogP contribution is 2.12. The van der Waals surface area contributed by atoms with Gasteiger partial charge in [-0.1, -0.05) is 60.7 Å². The third-order valence-electron chi connectivity index (χ3n) is 4.11. The predicted molar refractivity (Wildman–Crippen MR) is 110 cm³/mol. The average Bonchev–Trinajstić information content (AvgIpc) is 2.69. The van der Waals surface area contributed by atoms with Gasteiger partial charge in [-0.15, -0.1) is 0 Å². The standard InChI is InChI=1S/C21H23N3O2S/c25-27(26,16-14-19-9-5-2-6-10-19)24-21-12-11-20(17-23-21)22-15-13-18-7-3-1-4-8-18/h1-12,17,22H,13-16H2,(H,23,24). The fourth-order valence-electron chi connectivity index (χ4n) is 2.66. The Morgan fingerprint density at radius 3 is 2.00 bits per heavy atom. The van der Waals surface area contributed by atoms with Crippen molar-refractivity contribution in [2.75, 3.05) is 22.3 Å². The first-order valence-corrected chi connectivity index (χ1v) is 10.5. The summed E-state index contributed by atoms with van der Waals surface area (Å²) in [5, 5.41) is 3.29. The summed E-state index contributed by atoms with van der Waals surface area (Å²) in [5.74, 6) is 0.354. The maximum Gasteiger partial charge on any atom is 0.234 e. The second-order valence-corrected chi connectivity index (χ2v) is 8.09. The van der Waals surface area contributed by atoms with E-state index >= 15 is 0 Å². The first-order chi connectivity index (χ1) is 13.1. The van der Waals surface area contributed by atoms with Crippen LogP contribution in [0.1, 0.15) is 11.1 Å². The van der Waals surface area contributed by atoms with E-state index in [9.17, 15) is 8.42 Å². The molecule has 0 spiro atoms. The monoisotopic (exact) mass is 381 g/mol. The highest BCUT2D eigenvalue weighted by molar-refractivity contribution is 7.92. The summed E-state index contributed by atoms with van der Waals surface area (Å²) in [6.45, 7) is 0.786. The van der Waals surface area contributed by atoms with E-state index in [-0.39, 0.29) is 5.75 Å². The lowest BCUT2D eigenvalue weighted by molar-refractivity contribution is 0.600. The number of aromatic nitrogens is 1. The Kier molecular flexibility index (Phi) is 6.44. The molecule has 5 nitrogen and oxygen atoms in total. The quantitative estimate of drug-likeness (QED) is 0.593. The molecule has 0 saturated heterocycles. The van der Waals surface area contributed by atoms with Crippen molar-refractivity contribution in [3.8, 4) is 0 Å². The topological polar surface area (TPSA) is 71.1 Å². The molecule has 27 heavy (non-hydrogen) atoms. The molecule has 0 radical (unpaired) electrons. The number of pyridine rings is 1. The summed E-state index contributed by atoms with van der Waals surface area (Å²) in [5.41, 5.74) is 3.12. The van der Waals surface area contributed by atoms with Crippen molar-refractivity contribution in [3.63, 3.8) is 0 Å². The zero-order valence-corrected chi connectivity index (χ0v) is 15.8. The first-order valence-electron chi connectivity index (χ1n) is 8.89. The van der Waals surface area contributed by atoms with Crippen LogP contribution in [0.4, 0.5) is 11.5 Å². The molecule has 2 aromatic carbocycles. The number of sulfonamides is 1. The molecule has 0 bridgehead atoms. The average molecular weight is 382 g/mol. The number of anilines is 2. The Balaban J connectivity index is 1.47. The lowest BCUT2D eigenvalue weighted by Crippen LogP contribution is -2.19. The Morgan fingerprint density at radius 2 is 1.41 bits per heavy atom. The Bertz CT molecular complexity index is 928. The molecule has 0 amide bonds. The first kappa shape index (κ1) is 18.9. The molecular weight excluding hydrogens is 358 g/mol. The van der Waals surface area contributed by atoms with Gasteiger partial charge in [-0.05, 0) is 36.1 Å². The lowest BCUT2D eigenvalue weighted by Gasteiger charge is -2.09. The van der Waals surface area contributed by atoms with E-state index in [1.165, 1.54) is 5.56 Å². The number of rotatable bonds is 9. The highest BCUT2D eigenvalue weighted by atomic mass is 32.2. The third kappa shape index (κ3) is 6.42. The molecule has 1 aromatic heterocycles. The van der Waals surface area contributed by atoms with Gasteiger partial charge in [-0.3, -0.25) is 4.72 Å². The lowest BCUT2D eigenvalue weighted by atomic mass is 10.1. The van der Waals surface area contributed by atoms with E-state index < -0.39 is 10.0 Å². The van der Waals surface area contributed by atoms with E-state index in [2.05, 4.69) is 27.2 Å². The largest absolute Gasteiger partial charge is 0.383 e. The van der Waals surface area contributed by atoms with Gasteiger partial charge in [0, 0.05) is 6.54 Å². The van der Waals surface area contributed by atoms with Gasteiger partial charge in [-0.25, -0.2) is 13.4 Å². The highest BCUT2D eigenvalue weighted by Gasteiger charge is 2.11. The second-order valence-electron chi connectivity index (χ2n) is 6.25. The van der Waals surface area contributed by atoms with Crippen LogP contribution in [-0.2, 0) is 22.9 Å². The van der Waals surface area contributed by atoms with Crippen LogP contribution in [0.3, 0.4) is 0 Å². The van der Waals surface area contributed by atoms with Crippen molar-refractivity contribution in [3.05, 3.63) is 90.1 Å². The van der Waals surface area contributed by atoms with Crippen LogP contribution in [0.25, 0.3) is 0 Å². The zero-order valence-electron chi connectivity index (χ0n) is 15.0.